The van der Waals surface area contributed by atoms with Crippen LogP contribution in [0.4, 0.5) is 12.9 Å². The van der Waals surface area contributed by atoms with E-state index in [1.165, 1.54) is 24.5 Å². The van der Waals surface area contributed by atoms with Crippen LogP contribution in [0.25, 0.3) is 10.8 Å². The smallest absolute Gasteiger partial charge is 0.445 e. The molecule has 0 bridgehead atoms. The van der Waals surface area contributed by atoms with Gasteiger partial charge in [-0.1, -0.05) is 18.2 Å². The topological polar surface area (TPSA) is 12.9 Å². The van der Waals surface area contributed by atoms with Gasteiger partial charge in [0.25, 0.3) is 0 Å². The Morgan fingerprint density at radius 3 is 2.47 bits per heavy atom. The third-order valence-electron chi connectivity index (χ3n) is 2.07. The van der Waals surface area contributed by atoms with Crippen LogP contribution < -0.4 is 56.8 Å². The Morgan fingerprint density at radius 1 is 1.07 bits per heavy atom. The minimum Gasteiger partial charge on any atom is -0.445 e. The van der Waals surface area contributed by atoms with Crippen molar-refractivity contribution in [3.8, 4) is 0 Å². The minimum atomic E-state index is -4.94. The Bertz CT molecular complexity index is 467. The molecule has 0 spiro atoms. The van der Waals surface area contributed by atoms with Crippen LogP contribution in [0, 0.1) is 0 Å². The maximum Gasteiger partial charge on any atom is 1.00 e. The van der Waals surface area contributed by atoms with E-state index in [0.717, 1.165) is 6.07 Å². The number of pyridine rings is 1. The summed E-state index contributed by atoms with van der Waals surface area (Å²) in [6, 6.07) is 5.50. The zero-order valence-electron chi connectivity index (χ0n) is 8.12. The molecule has 1 nitrogen and oxygen atoms in total. The molecule has 2 aromatic rings. The summed E-state index contributed by atoms with van der Waals surface area (Å²) < 4.78 is 37.7. The van der Waals surface area contributed by atoms with Crippen LogP contribution in [0.15, 0.2) is 36.7 Å². The standard InChI is InChI=1S/C9H6BF3N.K/c11-10(12,13)9-3-1-2-7-6-14-5-4-8(7)9;/h1-6H;/q-1;+1. The summed E-state index contributed by atoms with van der Waals surface area (Å²) in [4.78, 5) is 3.78. The van der Waals surface area contributed by atoms with Gasteiger partial charge in [0.05, 0.1) is 0 Å². The number of rotatable bonds is 1. The first-order valence-corrected chi connectivity index (χ1v) is 4.11. The Hall–Kier alpha value is 0.121. The summed E-state index contributed by atoms with van der Waals surface area (Å²) >= 11 is 0. The van der Waals surface area contributed by atoms with Crippen molar-refractivity contribution in [2.75, 3.05) is 0 Å². The van der Waals surface area contributed by atoms with Crippen LogP contribution in [0.3, 0.4) is 0 Å². The first-order valence-electron chi connectivity index (χ1n) is 4.11. The molecule has 1 aromatic heterocycles. The molecule has 0 fully saturated rings. The zero-order chi connectivity index (χ0) is 10.2. The van der Waals surface area contributed by atoms with Crippen LogP contribution in [-0.4, -0.2) is 12.0 Å². The number of aromatic nitrogens is 1. The van der Waals surface area contributed by atoms with Crippen molar-refractivity contribution in [1.82, 2.24) is 4.98 Å². The second-order valence-corrected chi connectivity index (χ2v) is 3.02. The van der Waals surface area contributed by atoms with E-state index in [4.69, 9.17) is 0 Å². The molecule has 0 aliphatic carbocycles. The molecule has 6 heteroatoms. The Labute approximate surface area is 128 Å². The van der Waals surface area contributed by atoms with Gasteiger partial charge in [0.2, 0.25) is 0 Å². The molecule has 0 atom stereocenters. The van der Waals surface area contributed by atoms with Gasteiger partial charge in [0, 0.05) is 12.4 Å². The molecule has 0 aliphatic rings. The molecule has 1 heterocycles. The largest absolute Gasteiger partial charge is 1.00 e. The van der Waals surface area contributed by atoms with Crippen molar-refractivity contribution in [2.24, 2.45) is 0 Å². The van der Waals surface area contributed by atoms with Gasteiger partial charge in [-0.15, -0.1) is 5.46 Å². The number of hydrogen-bond acceptors (Lipinski definition) is 1. The average molecular weight is 235 g/mol. The van der Waals surface area contributed by atoms with Crippen LogP contribution in [0.2, 0.25) is 0 Å². The maximum absolute atomic E-state index is 12.6. The molecule has 15 heavy (non-hydrogen) atoms. The molecule has 0 aliphatic heterocycles. The first-order chi connectivity index (χ1) is 6.59. The molecule has 0 unspecified atom stereocenters. The van der Waals surface area contributed by atoms with E-state index >= 15 is 0 Å². The summed E-state index contributed by atoms with van der Waals surface area (Å²) in [6.07, 6.45) is 2.80. The van der Waals surface area contributed by atoms with E-state index in [9.17, 15) is 12.9 Å². The van der Waals surface area contributed by atoms with Crippen molar-refractivity contribution >= 4 is 23.2 Å². The number of nitrogens with zero attached hydrogens (tertiary/aromatic N) is 1. The molecule has 0 radical (unpaired) electrons. The summed E-state index contributed by atoms with van der Waals surface area (Å²) in [6.45, 7) is -4.94. The third-order valence-corrected chi connectivity index (χ3v) is 2.07. The van der Waals surface area contributed by atoms with Gasteiger partial charge >= 0.3 is 58.4 Å². The molecule has 0 N–H and O–H groups in total. The number of benzene rings is 1. The summed E-state index contributed by atoms with van der Waals surface area (Å²) in [7, 11) is 0. The molecular formula is C9H6BF3KN. The predicted octanol–water partition coefficient (Wildman–Crippen LogP) is -0.707. The maximum atomic E-state index is 12.6. The van der Waals surface area contributed by atoms with Crippen LogP contribution >= 0.6 is 0 Å². The zero-order valence-corrected chi connectivity index (χ0v) is 11.2. The van der Waals surface area contributed by atoms with Gasteiger partial charge in [0.15, 0.2) is 0 Å². The first kappa shape index (κ1) is 13.2. The van der Waals surface area contributed by atoms with E-state index in [0.29, 0.717) is 5.39 Å². The van der Waals surface area contributed by atoms with E-state index in [2.05, 4.69) is 4.98 Å². The van der Waals surface area contributed by atoms with Gasteiger partial charge in [-0.25, -0.2) is 0 Å². The Kier molecular flexibility index (Phi) is 4.37. The monoisotopic (exact) mass is 235 g/mol. The van der Waals surface area contributed by atoms with Gasteiger partial charge in [0.1, 0.15) is 0 Å². The summed E-state index contributed by atoms with van der Waals surface area (Å²) in [5, 5.41) is 0.735. The number of halogens is 3. The third kappa shape index (κ3) is 2.82. The van der Waals surface area contributed by atoms with E-state index < -0.39 is 12.4 Å². The molecule has 0 amide bonds. The molecule has 72 valence electrons. The van der Waals surface area contributed by atoms with E-state index in [-0.39, 0.29) is 56.8 Å². The fraction of sp³-hybridized carbons (Fsp3) is 0. The molecule has 2 rings (SSSR count). The Balaban J connectivity index is 0.00000112. The van der Waals surface area contributed by atoms with Crippen molar-refractivity contribution in [2.45, 2.75) is 0 Å². The van der Waals surface area contributed by atoms with Gasteiger partial charge in [-0.2, -0.15) is 0 Å². The second kappa shape index (κ2) is 4.97. The fourth-order valence-corrected chi connectivity index (χ4v) is 1.43. The normalized spacial score (nSPS) is 11.1. The van der Waals surface area contributed by atoms with Gasteiger partial charge in [-0.3, -0.25) is 4.98 Å². The summed E-state index contributed by atoms with van der Waals surface area (Å²) in [5.74, 6) is 0. The molecule has 0 saturated carbocycles. The number of hydrogen-bond donors (Lipinski definition) is 0. The van der Waals surface area contributed by atoms with Crippen LogP contribution in [-0.2, 0) is 0 Å². The van der Waals surface area contributed by atoms with Crippen molar-refractivity contribution < 1.29 is 64.3 Å². The second-order valence-electron chi connectivity index (χ2n) is 3.02. The Morgan fingerprint density at radius 2 is 1.80 bits per heavy atom. The van der Waals surface area contributed by atoms with Crippen molar-refractivity contribution in [3.05, 3.63) is 36.7 Å². The quantitative estimate of drug-likeness (QED) is 0.595. The van der Waals surface area contributed by atoms with Crippen molar-refractivity contribution in [3.63, 3.8) is 0 Å². The SMILES string of the molecule is F[B-](F)(F)c1cccc2cnccc12.[K+]. The van der Waals surface area contributed by atoms with Crippen LogP contribution in [0.5, 0.6) is 0 Å². The van der Waals surface area contributed by atoms with Gasteiger partial charge < -0.3 is 12.9 Å². The molecule has 0 saturated heterocycles. The van der Waals surface area contributed by atoms with Crippen LogP contribution in [0.1, 0.15) is 0 Å². The fourth-order valence-electron chi connectivity index (χ4n) is 1.43. The molecule has 1 aromatic carbocycles. The van der Waals surface area contributed by atoms with Gasteiger partial charge in [-0.05, 0) is 16.8 Å². The van der Waals surface area contributed by atoms with Crippen molar-refractivity contribution in [1.29, 1.82) is 0 Å². The average Bonchev–Trinajstić information content (AvgIpc) is 2.15. The van der Waals surface area contributed by atoms with E-state index in [1.54, 1.807) is 6.07 Å². The minimum absolute atomic E-state index is 0. The predicted molar refractivity (Wildman–Crippen MR) is 50.5 cm³/mol. The summed E-state index contributed by atoms with van der Waals surface area (Å²) in [5.41, 5.74) is -0.551. The molecular weight excluding hydrogens is 229 g/mol. The number of fused-ring (bicyclic) bond motifs is 1. The van der Waals surface area contributed by atoms with E-state index in [1.807, 2.05) is 0 Å².